The van der Waals surface area contributed by atoms with Crippen molar-refractivity contribution in [3.05, 3.63) is 24.3 Å². The highest BCUT2D eigenvalue weighted by Crippen LogP contribution is 2.17. The van der Waals surface area contributed by atoms with Crippen LogP contribution in [0.2, 0.25) is 0 Å². The average Bonchev–Trinajstić information content (AvgIpc) is 2.75. The topological polar surface area (TPSA) is 76.7 Å². The number of quaternary nitrogens is 4. The Labute approximate surface area is 180 Å². The summed E-state index contributed by atoms with van der Waals surface area (Å²) in [7, 11) is 4.44. The predicted molar refractivity (Wildman–Crippen MR) is 114 cm³/mol. The van der Waals surface area contributed by atoms with Gasteiger partial charge in [-0.15, -0.1) is 0 Å². The van der Waals surface area contributed by atoms with Crippen molar-refractivity contribution in [1.82, 2.24) is 0 Å². The Hall–Kier alpha value is -1.42. The van der Waals surface area contributed by atoms with Gasteiger partial charge in [0.15, 0.2) is 0 Å². The van der Waals surface area contributed by atoms with E-state index in [0.717, 1.165) is 76.9 Å². The van der Waals surface area contributed by atoms with Gasteiger partial charge in [0.05, 0.1) is 14.1 Å². The zero-order valence-electron chi connectivity index (χ0n) is 18.7. The van der Waals surface area contributed by atoms with Gasteiger partial charge in [-0.05, 0) is 24.3 Å². The van der Waals surface area contributed by atoms with Crippen LogP contribution in [0.15, 0.2) is 24.3 Å². The smallest absolute Gasteiger partial charge is 0.137 e. The molecule has 2 aliphatic heterocycles. The Morgan fingerprint density at radius 1 is 0.667 bits per heavy atom. The number of ether oxygens (including phenoxy) is 2. The second-order valence-electron chi connectivity index (χ2n) is 9.22. The number of aliphatic hydroxyl groups excluding tert-OH is 2. The van der Waals surface area contributed by atoms with Crippen molar-refractivity contribution in [3.8, 4) is 11.5 Å². The molecule has 0 unspecified atom stereocenters. The average molecular weight is 427 g/mol. The summed E-state index contributed by atoms with van der Waals surface area (Å²) in [6.07, 6.45) is -0.911. The number of hydrogen-bond donors (Lipinski definition) is 6. The predicted octanol–water partition coefficient (Wildman–Crippen LogP) is -6.01. The molecule has 2 fully saturated rings. The molecular weight excluding hydrogens is 384 g/mol. The maximum atomic E-state index is 10.3. The molecular formula is C22H42N4O4+4. The van der Waals surface area contributed by atoms with E-state index in [1.54, 1.807) is 9.80 Å². The van der Waals surface area contributed by atoms with Crippen LogP contribution in [-0.2, 0) is 0 Å². The number of benzene rings is 1. The molecule has 8 nitrogen and oxygen atoms in total. The zero-order chi connectivity index (χ0) is 21.3. The molecule has 2 aliphatic rings. The SMILES string of the molecule is C[NH+]1CC[NH+](C[C@@H](O)COc2ccc(OC[C@H](O)C[NH+]3CC[NH+](C)CC3)cc2)CC1. The van der Waals surface area contributed by atoms with Crippen LogP contribution in [0, 0.1) is 0 Å². The van der Waals surface area contributed by atoms with Crippen LogP contribution in [0.1, 0.15) is 0 Å². The summed E-state index contributed by atoms with van der Waals surface area (Å²) in [6.45, 7) is 11.2. The Kier molecular flexibility index (Phi) is 9.17. The number of piperazine rings is 2. The van der Waals surface area contributed by atoms with Gasteiger partial charge in [0.2, 0.25) is 0 Å². The third-order valence-corrected chi connectivity index (χ3v) is 6.38. The molecule has 170 valence electrons. The first kappa shape index (κ1) is 23.2. The summed E-state index contributed by atoms with van der Waals surface area (Å²) in [5, 5.41) is 20.5. The van der Waals surface area contributed by atoms with Gasteiger partial charge in [0.25, 0.3) is 0 Å². The molecule has 8 heteroatoms. The molecule has 0 amide bonds. The Morgan fingerprint density at radius 2 is 1.00 bits per heavy atom. The molecule has 2 saturated heterocycles. The maximum absolute atomic E-state index is 10.3. The summed E-state index contributed by atoms with van der Waals surface area (Å²) in [4.78, 5) is 6.05. The van der Waals surface area contributed by atoms with Gasteiger partial charge in [0.1, 0.15) is 102 Å². The minimum atomic E-state index is -0.455. The van der Waals surface area contributed by atoms with E-state index in [1.807, 2.05) is 24.3 Å². The number of rotatable bonds is 10. The lowest BCUT2D eigenvalue weighted by Crippen LogP contribution is -3.27. The van der Waals surface area contributed by atoms with Crippen LogP contribution < -0.4 is 29.1 Å². The van der Waals surface area contributed by atoms with Crippen molar-refractivity contribution < 1.29 is 39.3 Å². The minimum Gasteiger partial charge on any atom is -0.491 e. The van der Waals surface area contributed by atoms with E-state index >= 15 is 0 Å². The monoisotopic (exact) mass is 426 g/mol. The molecule has 2 atom stereocenters. The van der Waals surface area contributed by atoms with Crippen molar-refractivity contribution in [2.75, 3.05) is 92.8 Å². The molecule has 0 bridgehead atoms. The van der Waals surface area contributed by atoms with Gasteiger partial charge >= 0.3 is 0 Å². The highest BCUT2D eigenvalue weighted by atomic mass is 16.5. The number of nitrogens with one attached hydrogen (secondary N) is 4. The van der Waals surface area contributed by atoms with Crippen LogP contribution in [0.4, 0.5) is 0 Å². The molecule has 1 aromatic carbocycles. The standard InChI is InChI=1S/C22H38N4O4/c1-23-7-11-25(12-8-23)15-19(27)17-29-21-3-5-22(6-4-21)30-18-20(28)16-26-13-9-24(2)10-14-26/h3-6,19-20,27-28H,7-18H2,1-2H3/p+4/t19-,20-/m1/s1. The van der Waals surface area contributed by atoms with E-state index in [2.05, 4.69) is 14.1 Å². The second kappa shape index (κ2) is 11.8. The summed E-state index contributed by atoms with van der Waals surface area (Å²) in [5.41, 5.74) is 0. The molecule has 6 N–H and O–H groups in total. The lowest BCUT2D eigenvalue weighted by Gasteiger charge is -2.28. The molecule has 0 aromatic heterocycles. The third-order valence-electron chi connectivity index (χ3n) is 6.38. The van der Waals surface area contributed by atoms with Gasteiger partial charge in [-0.3, -0.25) is 0 Å². The lowest BCUT2D eigenvalue weighted by atomic mass is 10.2. The first-order chi connectivity index (χ1) is 14.5. The molecule has 1 aromatic rings. The van der Waals surface area contributed by atoms with E-state index in [4.69, 9.17) is 9.47 Å². The molecule has 0 aliphatic carbocycles. The first-order valence-corrected chi connectivity index (χ1v) is 11.5. The normalized spacial score (nSPS) is 29.2. The summed E-state index contributed by atoms with van der Waals surface area (Å²) < 4.78 is 11.5. The van der Waals surface area contributed by atoms with Crippen molar-refractivity contribution in [3.63, 3.8) is 0 Å². The zero-order valence-corrected chi connectivity index (χ0v) is 18.7. The molecule has 30 heavy (non-hydrogen) atoms. The summed E-state index contributed by atoms with van der Waals surface area (Å²) in [6, 6.07) is 7.42. The van der Waals surface area contributed by atoms with Gasteiger partial charge in [-0.25, -0.2) is 0 Å². The summed E-state index contributed by atoms with van der Waals surface area (Å²) >= 11 is 0. The van der Waals surface area contributed by atoms with Crippen LogP contribution >= 0.6 is 0 Å². The van der Waals surface area contributed by atoms with Gasteiger partial charge in [-0.2, -0.15) is 0 Å². The third kappa shape index (κ3) is 8.02. The fourth-order valence-electron chi connectivity index (χ4n) is 4.27. The van der Waals surface area contributed by atoms with E-state index < -0.39 is 12.2 Å². The largest absolute Gasteiger partial charge is 0.491 e. The molecule has 0 radical (unpaired) electrons. The molecule has 3 rings (SSSR count). The quantitative estimate of drug-likeness (QED) is 0.225. The first-order valence-electron chi connectivity index (χ1n) is 11.5. The van der Waals surface area contributed by atoms with Gasteiger partial charge in [-0.1, -0.05) is 0 Å². The van der Waals surface area contributed by atoms with Crippen LogP contribution in [0.3, 0.4) is 0 Å². The number of likely N-dealkylation sites (N-methyl/N-ethyl adjacent to an activating group) is 2. The minimum absolute atomic E-state index is 0.306. The fourth-order valence-corrected chi connectivity index (χ4v) is 4.27. The van der Waals surface area contributed by atoms with E-state index in [0.29, 0.717) is 13.2 Å². The molecule has 2 heterocycles. The van der Waals surface area contributed by atoms with Crippen molar-refractivity contribution in [1.29, 1.82) is 0 Å². The van der Waals surface area contributed by atoms with Crippen molar-refractivity contribution >= 4 is 0 Å². The lowest BCUT2D eigenvalue weighted by molar-refractivity contribution is -1.00. The van der Waals surface area contributed by atoms with E-state index in [1.165, 1.54) is 9.80 Å². The van der Waals surface area contributed by atoms with Crippen molar-refractivity contribution in [2.45, 2.75) is 12.2 Å². The molecule has 0 spiro atoms. The Morgan fingerprint density at radius 3 is 1.33 bits per heavy atom. The van der Waals surface area contributed by atoms with Crippen molar-refractivity contribution in [2.24, 2.45) is 0 Å². The second-order valence-corrected chi connectivity index (χ2v) is 9.22. The van der Waals surface area contributed by atoms with Gasteiger partial charge in [0, 0.05) is 0 Å². The number of aliphatic hydroxyl groups is 2. The van der Waals surface area contributed by atoms with Crippen LogP contribution in [0.25, 0.3) is 0 Å². The van der Waals surface area contributed by atoms with E-state index in [9.17, 15) is 10.2 Å². The maximum Gasteiger partial charge on any atom is 0.137 e. The Balaban J connectivity index is 1.31. The van der Waals surface area contributed by atoms with Crippen LogP contribution in [-0.4, -0.2) is 115 Å². The highest BCUT2D eigenvalue weighted by molar-refractivity contribution is 5.31. The molecule has 0 saturated carbocycles. The summed E-state index contributed by atoms with van der Waals surface area (Å²) in [5.74, 6) is 1.45. The fraction of sp³-hybridized carbons (Fsp3) is 0.727. The van der Waals surface area contributed by atoms with E-state index in [-0.39, 0.29) is 0 Å². The highest BCUT2D eigenvalue weighted by Gasteiger charge is 2.24. The number of hydrogen-bond acceptors (Lipinski definition) is 4. The van der Waals surface area contributed by atoms with Crippen LogP contribution in [0.5, 0.6) is 11.5 Å². The van der Waals surface area contributed by atoms with Gasteiger partial charge < -0.3 is 39.3 Å². The Bertz CT molecular complexity index is 549.